The standard InChI is InChI=1S/C30H34F2N7O6P/c1-5-12-33-28(40)21-25-20(16(4)24-26(21)45-46(42,43-24)44-25)22-17-15-35-30(41)39(23-18(31)10-8-11-19(23)32)27(17)37-29(36-22)34-13-9-14-38(6-2)7-3/h8,10-11H,5-7,9,12-15H2,1-4H3,(H,33,40)(H,35,41)(H,34,36,37). The lowest BCUT2D eigenvalue weighted by atomic mass is 9.94. The number of carbonyl (C=O) groups excluding carboxylic acids is 2. The van der Waals surface area contributed by atoms with E-state index in [1.807, 2.05) is 6.92 Å². The number of phosphoric acid groups is 1. The third-order valence-corrected chi connectivity index (χ3v) is 9.24. The first kappa shape index (κ1) is 31.5. The van der Waals surface area contributed by atoms with Gasteiger partial charge in [0.1, 0.15) is 22.9 Å². The predicted molar refractivity (Wildman–Crippen MR) is 166 cm³/mol. The molecule has 3 amide bonds. The lowest BCUT2D eigenvalue weighted by molar-refractivity contribution is 0.0948. The number of hydrogen-bond acceptors (Lipinski definition) is 10. The summed E-state index contributed by atoms with van der Waals surface area (Å²) in [5.41, 5.74) is 0.472. The maximum absolute atomic E-state index is 15.1. The van der Waals surface area contributed by atoms with Gasteiger partial charge in [-0.25, -0.2) is 23.5 Å². The Balaban J connectivity index is 1.55. The zero-order valence-corrected chi connectivity index (χ0v) is 26.7. The molecule has 2 aromatic carbocycles. The normalized spacial score (nSPS) is 17.3. The number of benzene rings is 2. The van der Waals surface area contributed by atoms with Crippen LogP contribution in [0.5, 0.6) is 17.2 Å². The molecule has 16 heteroatoms. The van der Waals surface area contributed by atoms with E-state index in [9.17, 15) is 14.2 Å². The van der Waals surface area contributed by atoms with Crippen LogP contribution in [0.4, 0.5) is 31.0 Å². The average molecular weight is 658 g/mol. The molecular formula is C30H34F2N7O6P. The lowest BCUT2D eigenvalue weighted by Crippen LogP contribution is -2.43. The second-order valence-electron chi connectivity index (χ2n) is 10.9. The van der Waals surface area contributed by atoms with Crippen LogP contribution < -0.4 is 34.4 Å². The molecule has 4 heterocycles. The molecule has 3 aromatic rings. The number of phosphoric ester groups is 1. The first-order valence-electron chi connectivity index (χ1n) is 15.2. The summed E-state index contributed by atoms with van der Waals surface area (Å²) in [6.07, 6.45) is 1.38. The molecule has 3 aliphatic rings. The van der Waals surface area contributed by atoms with Crippen LogP contribution in [0.1, 0.15) is 55.1 Å². The molecule has 1 aromatic heterocycles. The number of para-hydroxylation sites is 1. The maximum atomic E-state index is 15.1. The van der Waals surface area contributed by atoms with Gasteiger partial charge < -0.3 is 34.4 Å². The Bertz CT molecular complexity index is 1770. The number of rotatable bonds is 12. The number of carbonyl (C=O) groups is 2. The van der Waals surface area contributed by atoms with Crippen LogP contribution in [-0.2, 0) is 11.1 Å². The van der Waals surface area contributed by atoms with Crippen LogP contribution in [0.3, 0.4) is 0 Å². The van der Waals surface area contributed by atoms with Crippen molar-refractivity contribution in [3.05, 3.63) is 46.5 Å². The third kappa shape index (κ3) is 5.36. The molecule has 6 rings (SSSR count). The maximum Gasteiger partial charge on any atom is 0.647 e. The number of halogens is 2. The Morgan fingerprint density at radius 1 is 1.07 bits per heavy atom. The Labute approximate surface area is 264 Å². The highest BCUT2D eigenvalue weighted by molar-refractivity contribution is 7.50. The number of amides is 3. The van der Waals surface area contributed by atoms with E-state index in [4.69, 9.17) is 18.6 Å². The summed E-state index contributed by atoms with van der Waals surface area (Å²) in [4.78, 5) is 39.1. The van der Waals surface area contributed by atoms with Crippen LogP contribution in [-0.4, -0.2) is 59.5 Å². The quantitative estimate of drug-likeness (QED) is 0.165. The molecule has 46 heavy (non-hydrogen) atoms. The summed E-state index contributed by atoms with van der Waals surface area (Å²) in [6, 6.07) is 2.48. The van der Waals surface area contributed by atoms with Gasteiger partial charge in [-0.05, 0) is 51.5 Å². The van der Waals surface area contributed by atoms with Gasteiger partial charge >= 0.3 is 13.9 Å². The fourth-order valence-corrected chi connectivity index (χ4v) is 7.05. The highest BCUT2D eigenvalue weighted by Crippen LogP contribution is 2.69. The zero-order chi connectivity index (χ0) is 32.7. The van der Waals surface area contributed by atoms with Crippen LogP contribution in [0.2, 0.25) is 0 Å². The van der Waals surface area contributed by atoms with Crippen molar-refractivity contribution in [3.63, 3.8) is 0 Å². The fourth-order valence-electron chi connectivity index (χ4n) is 5.69. The summed E-state index contributed by atoms with van der Waals surface area (Å²) in [5, 5.41) is 8.61. The molecule has 0 spiro atoms. The molecule has 1 unspecified atom stereocenters. The van der Waals surface area contributed by atoms with Crippen molar-refractivity contribution >= 4 is 37.2 Å². The molecule has 13 nitrogen and oxygen atoms in total. The minimum Gasteiger partial charge on any atom is -0.384 e. The predicted octanol–water partition coefficient (Wildman–Crippen LogP) is 5.65. The Morgan fingerprint density at radius 2 is 1.76 bits per heavy atom. The van der Waals surface area contributed by atoms with E-state index in [1.54, 1.807) is 6.92 Å². The second kappa shape index (κ2) is 12.4. The molecule has 0 aliphatic carbocycles. The zero-order valence-electron chi connectivity index (χ0n) is 25.8. The topological polar surface area (TPSA) is 147 Å². The van der Waals surface area contributed by atoms with Crippen molar-refractivity contribution in [1.82, 2.24) is 25.5 Å². The van der Waals surface area contributed by atoms with Gasteiger partial charge in [0.15, 0.2) is 23.1 Å². The third-order valence-electron chi connectivity index (χ3n) is 8.02. The summed E-state index contributed by atoms with van der Waals surface area (Å²) in [5.74, 6) is -2.52. The smallest absolute Gasteiger partial charge is 0.384 e. The minimum absolute atomic E-state index is 0.000433. The molecule has 3 aliphatic heterocycles. The van der Waals surface area contributed by atoms with E-state index in [1.165, 1.54) is 6.07 Å². The summed E-state index contributed by atoms with van der Waals surface area (Å²) >= 11 is 0. The fraction of sp³-hybridized carbons (Fsp3) is 0.400. The van der Waals surface area contributed by atoms with Crippen molar-refractivity contribution in [2.24, 2.45) is 0 Å². The van der Waals surface area contributed by atoms with E-state index >= 15 is 8.78 Å². The van der Waals surface area contributed by atoms with E-state index < -0.39 is 37.1 Å². The molecule has 0 saturated carbocycles. The van der Waals surface area contributed by atoms with Gasteiger partial charge in [-0.3, -0.25) is 4.79 Å². The van der Waals surface area contributed by atoms with Crippen molar-refractivity contribution in [1.29, 1.82) is 0 Å². The molecule has 1 atom stereocenters. The Kier molecular flexibility index (Phi) is 8.47. The van der Waals surface area contributed by atoms with Gasteiger partial charge in [-0.2, -0.15) is 9.55 Å². The monoisotopic (exact) mass is 657 g/mol. The molecule has 244 valence electrons. The van der Waals surface area contributed by atoms with E-state index in [0.29, 0.717) is 25.1 Å². The van der Waals surface area contributed by atoms with Gasteiger partial charge in [-0.15, -0.1) is 0 Å². The first-order chi connectivity index (χ1) is 22.1. The number of fused-ring (bicyclic) bond motifs is 3. The van der Waals surface area contributed by atoms with E-state index in [0.717, 1.165) is 43.1 Å². The second-order valence-corrected chi connectivity index (χ2v) is 12.4. The van der Waals surface area contributed by atoms with Crippen molar-refractivity contribution in [2.75, 3.05) is 42.9 Å². The SMILES string of the molecule is CCCNC(=O)c1c2c3c(C)c(-c4nc(NCCCN(CC)CC)nc5c4CNC(=O)N5c4c(F)cccc4F)c1OP(=O)(O3)O2. The molecule has 3 bridgehead atoms. The van der Waals surface area contributed by atoms with Crippen molar-refractivity contribution in [3.8, 4) is 28.5 Å². The highest BCUT2D eigenvalue weighted by Gasteiger charge is 2.53. The number of aromatic nitrogens is 2. The van der Waals surface area contributed by atoms with E-state index in [-0.39, 0.29) is 57.9 Å². The van der Waals surface area contributed by atoms with E-state index in [2.05, 4.69) is 39.7 Å². The summed E-state index contributed by atoms with van der Waals surface area (Å²) in [7, 11) is -4.13. The summed E-state index contributed by atoms with van der Waals surface area (Å²) < 4.78 is 60.5. The molecule has 0 radical (unpaired) electrons. The first-order valence-corrected chi connectivity index (χ1v) is 16.6. The van der Waals surface area contributed by atoms with Gasteiger partial charge in [0.05, 0.1) is 17.8 Å². The van der Waals surface area contributed by atoms with Gasteiger partial charge in [-0.1, -0.05) is 26.8 Å². The largest absolute Gasteiger partial charge is 0.647 e. The minimum atomic E-state index is -4.13. The number of anilines is 3. The van der Waals surface area contributed by atoms with Gasteiger partial charge in [0, 0.05) is 24.2 Å². The number of nitrogens with zero attached hydrogens (tertiary/aromatic N) is 4. The van der Waals surface area contributed by atoms with Gasteiger partial charge in [0.2, 0.25) is 5.95 Å². The van der Waals surface area contributed by atoms with Crippen LogP contribution in [0.15, 0.2) is 18.2 Å². The molecular weight excluding hydrogens is 623 g/mol. The van der Waals surface area contributed by atoms with Gasteiger partial charge in [0.25, 0.3) is 5.91 Å². The number of hydrogen-bond donors (Lipinski definition) is 3. The van der Waals surface area contributed by atoms with Crippen molar-refractivity contribution < 1.29 is 36.5 Å². The Hall–Kier alpha value is -4.49. The summed E-state index contributed by atoms with van der Waals surface area (Å²) in [6.45, 7) is 11.0. The lowest BCUT2D eigenvalue weighted by Gasteiger charge is -2.31. The Morgan fingerprint density at radius 3 is 2.46 bits per heavy atom. The average Bonchev–Trinajstić information content (AvgIpc) is 3.26. The molecule has 0 saturated heterocycles. The van der Waals surface area contributed by atoms with Crippen LogP contribution in [0, 0.1) is 18.6 Å². The molecule has 0 fully saturated rings. The van der Waals surface area contributed by atoms with Crippen LogP contribution in [0.25, 0.3) is 11.3 Å². The highest BCUT2D eigenvalue weighted by atomic mass is 31.2. The molecule has 3 N–H and O–H groups in total. The number of urea groups is 1. The number of nitrogens with one attached hydrogen (secondary N) is 3. The van der Waals surface area contributed by atoms with Crippen molar-refractivity contribution in [2.45, 2.75) is 47.1 Å². The van der Waals surface area contributed by atoms with Crippen LogP contribution >= 0.6 is 7.82 Å².